The lowest BCUT2D eigenvalue weighted by atomic mass is 9.84. The molecule has 13 heavy (non-hydrogen) atoms. The van der Waals surface area contributed by atoms with E-state index in [0.29, 0.717) is 6.10 Å². The highest BCUT2D eigenvalue weighted by Crippen LogP contribution is 2.25. The average molecular weight is 186 g/mol. The molecule has 0 saturated carbocycles. The minimum atomic E-state index is 0.430. The Morgan fingerprint density at radius 1 is 1.08 bits per heavy atom. The molecule has 3 unspecified atom stereocenters. The molecule has 0 aliphatic rings. The first-order valence-electron chi connectivity index (χ1n) is 5.78. The summed E-state index contributed by atoms with van der Waals surface area (Å²) in [7, 11) is 0. The van der Waals surface area contributed by atoms with Gasteiger partial charge in [-0.3, -0.25) is 0 Å². The summed E-state index contributed by atoms with van der Waals surface area (Å²) < 4.78 is 5.68. The van der Waals surface area contributed by atoms with Crippen molar-refractivity contribution in [2.45, 2.75) is 60.0 Å². The third-order valence-electron chi connectivity index (χ3n) is 3.03. The predicted octanol–water partition coefficient (Wildman–Crippen LogP) is 3.87. The number of ether oxygens (including phenoxy) is 1. The van der Waals surface area contributed by atoms with E-state index < -0.39 is 0 Å². The number of hydrogen-bond donors (Lipinski definition) is 0. The fourth-order valence-electron chi connectivity index (χ4n) is 2.00. The Bertz CT molecular complexity index is 112. The fraction of sp³-hybridized carbons (Fsp3) is 1.00. The summed E-state index contributed by atoms with van der Waals surface area (Å²) in [5.74, 6) is 1.54. The standard InChI is InChI=1S/C12H26O/c1-6-9-12(10(4)7-2)11(5)13-8-3/h10-12H,6-9H2,1-5H3. The van der Waals surface area contributed by atoms with Crippen LogP contribution in [0.1, 0.15) is 53.9 Å². The monoisotopic (exact) mass is 186 g/mol. The van der Waals surface area contributed by atoms with E-state index in [4.69, 9.17) is 4.74 Å². The predicted molar refractivity (Wildman–Crippen MR) is 58.9 cm³/mol. The molecule has 1 heteroatoms. The summed E-state index contributed by atoms with van der Waals surface area (Å²) in [5.41, 5.74) is 0. The second-order valence-corrected chi connectivity index (χ2v) is 4.00. The summed E-state index contributed by atoms with van der Waals surface area (Å²) in [6.45, 7) is 12.0. The molecule has 0 rings (SSSR count). The van der Waals surface area contributed by atoms with Crippen molar-refractivity contribution >= 4 is 0 Å². The molecule has 0 amide bonds. The molecule has 0 aliphatic heterocycles. The molecule has 0 heterocycles. The smallest absolute Gasteiger partial charge is 0.0577 e. The van der Waals surface area contributed by atoms with Crippen molar-refractivity contribution < 1.29 is 4.74 Å². The second-order valence-electron chi connectivity index (χ2n) is 4.00. The SMILES string of the molecule is CCCC(C(C)CC)C(C)OCC. The van der Waals surface area contributed by atoms with E-state index in [9.17, 15) is 0 Å². The molecule has 0 spiro atoms. The van der Waals surface area contributed by atoms with E-state index in [1.807, 2.05) is 0 Å². The maximum Gasteiger partial charge on any atom is 0.0577 e. The van der Waals surface area contributed by atoms with E-state index in [1.54, 1.807) is 0 Å². The molecule has 0 aromatic heterocycles. The second kappa shape index (κ2) is 7.37. The highest BCUT2D eigenvalue weighted by atomic mass is 16.5. The van der Waals surface area contributed by atoms with E-state index in [2.05, 4.69) is 34.6 Å². The van der Waals surface area contributed by atoms with E-state index in [0.717, 1.165) is 18.4 Å². The zero-order valence-corrected chi connectivity index (χ0v) is 9.97. The fourth-order valence-corrected chi connectivity index (χ4v) is 2.00. The largest absolute Gasteiger partial charge is 0.378 e. The van der Waals surface area contributed by atoms with Crippen LogP contribution in [0.5, 0.6) is 0 Å². The first-order valence-corrected chi connectivity index (χ1v) is 5.78. The maximum atomic E-state index is 5.68. The van der Waals surface area contributed by atoms with E-state index in [1.165, 1.54) is 19.3 Å². The van der Waals surface area contributed by atoms with E-state index >= 15 is 0 Å². The van der Waals surface area contributed by atoms with Crippen molar-refractivity contribution in [3.8, 4) is 0 Å². The first-order chi connectivity index (χ1) is 6.17. The van der Waals surface area contributed by atoms with Crippen molar-refractivity contribution in [1.29, 1.82) is 0 Å². The van der Waals surface area contributed by atoms with Crippen molar-refractivity contribution in [2.24, 2.45) is 11.8 Å². The summed E-state index contributed by atoms with van der Waals surface area (Å²) in [6.07, 6.45) is 4.27. The normalized spacial score (nSPS) is 18.2. The van der Waals surface area contributed by atoms with Gasteiger partial charge in [0.15, 0.2) is 0 Å². The Morgan fingerprint density at radius 3 is 2.08 bits per heavy atom. The molecule has 0 aromatic rings. The Kier molecular flexibility index (Phi) is 7.35. The highest BCUT2D eigenvalue weighted by molar-refractivity contribution is 4.71. The summed E-state index contributed by atoms with van der Waals surface area (Å²) in [4.78, 5) is 0. The van der Waals surface area contributed by atoms with Crippen LogP contribution in [-0.4, -0.2) is 12.7 Å². The molecule has 1 nitrogen and oxygen atoms in total. The third kappa shape index (κ3) is 4.66. The van der Waals surface area contributed by atoms with Gasteiger partial charge >= 0.3 is 0 Å². The van der Waals surface area contributed by atoms with Crippen LogP contribution in [0.15, 0.2) is 0 Å². The summed E-state index contributed by atoms with van der Waals surface area (Å²) >= 11 is 0. The molecule has 0 bridgehead atoms. The lowest BCUT2D eigenvalue weighted by Gasteiger charge is -2.28. The topological polar surface area (TPSA) is 9.23 Å². The highest BCUT2D eigenvalue weighted by Gasteiger charge is 2.21. The third-order valence-corrected chi connectivity index (χ3v) is 3.03. The molecule has 3 atom stereocenters. The van der Waals surface area contributed by atoms with Crippen LogP contribution in [0.2, 0.25) is 0 Å². The van der Waals surface area contributed by atoms with Crippen molar-refractivity contribution in [1.82, 2.24) is 0 Å². The minimum absolute atomic E-state index is 0.430. The van der Waals surface area contributed by atoms with Gasteiger partial charge in [0.1, 0.15) is 0 Å². The first kappa shape index (κ1) is 13.0. The van der Waals surface area contributed by atoms with Crippen LogP contribution in [-0.2, 0) is 4.74 Å². The van der Waals surface area contributed by atoms with Crippen LogP contribution < -0.4 is 0 Å². The van der Waals surface area contributed by atoms with Crippen LogP contribution in [0.25, 0.3) is 0 Å². The van der Waals surface area contributed by atoms with Gasteiger partial charge in [-0.15, -0.1) is 0 Å². The van der Waals surface area contributed by atoms with Gasteiger partial charge in [-0.25, -0.2) is 0 Å². The molecule has 0 N–H and O–H groups in total. The average Bonchev–Trinajstić information content (AvgIpc) is 2.13. The Labute approximate surface area is 83.9 Å². The number of rotatable bonds is 7. The Hall–Kier alpha value is -0.0400. The quantitative estimate of drug-likeness (QED) is 0.586. The van der Waals surface area contributed by atoms with Crippen LogP contribution in [0.3, 0.4) is 0 Å². The molecule has 0 fully saturated rings. The number of hydrogen-bond acceptors (Lipinski definition) is 1. The zero-order valence-electron chi connectivity index (χ0n) is 9.97. The van der Waals surface area contributed by atoms with Gasteiger partial charge in [-0.05, 0) is 32.1 Å². The molecule has 80 valence electrons. The van der Waals surface area contributed by atoms with Crippen molar-refractivity contribution in [2.75, 3.05) is 6.61 Å². The van der Waals surface area contributed by atoms with Crippen LogP contribution in [0, 0.1) is 11.8 Å². The molecular weight excluding hydrogens is 160 g/mol. The van der Waals surface area contributed by atoms with Gasteiger partial charge < -0.3 is 4.74 Å². The lowest BCUT2D eigenvalue weighted by Crippen LogP contribution is -2.26. The molecule has 0 aromatic carbocycles. The van der Waals surface area contributed by atoms with Crippen LogP contribution >= 0.6 is 0 Å². The summed E-state index contributed by atoms with van der Waals surface area (Å²) in [5, 5.41) is 0. The summed E-state index contributed by atoms with van der Waals surface area (Å²) in [6, 6.07) is 0. The molecule has 0 aliphatic carbocycles. The van der Waals surface area contributed by atoms with Gasteiger partial charge in [-0.2, -0.15) is 0 Å². The molecule has 0 saturated heterocycles. The Balaban J connectivity index is 4.05. The zero-order chi connectivity index (χ0) is 10.3. The maximum absolute atomic E-state index is 5.68. The molecule has 0 radical (unpaired) electrons. The van der Waals surface area contributed by atoms with Gasteiger partial charge in [-0.1, -0.05) is 33.6 Å². The lowest BCUT2D eigenvalue weighted by molar-refractivity contribution is 0.0100. The van der Waals surface area contributed by atoms with Gasteiger partial charge in [0.25, 0.3) is 0 Å². The molecular formula is C12H26O. The van der Waals surface area contributed by atoms with Crippen LogP contribution in [0.4, 0.5) is 0 Å². The Morgan fingerprint density at radius 2 is 1.69 bits per heavy atom. The van der Waals surface area contributed by atoms with Crippen molar-refractivity contribution in [3.63, 3.8) is 0 Å². The van der Waals surface area contributed by atoms with Gasteiger partial charge in [0, 0.05) is 6.61 Å². The minimum Gasteiger partial charge on any atom is -0.378 e. The van der Waals surface area contributed by atoms with Gasteiger partial charge in [0.2, 0.25) is 0 Å². The van der Waals surface area contributed by atoms with Crippen molar-refractivity contribution in [3.05, 3.63) is 0 Å². The van der Waals surface area contributed by atoms with Gasteiger partial charge in [0.05, 0.1) is 6.10 Å². The van der Waals surface area contributed by atoms with E-state index in [-0.39, 0.29) is 0 Å².